The maximum absolute atomic E-state index is 11.9. The zero-order chi connectivity index (χ0) is 13.8. The molecule has 1 unspecified atom stereocenters. The van der Waals surface area contributed by atoms with Gasteiger partial charge in [-0.2, -0.15) is 0 Å². The van der Waals surface area contributed by atoms with Crippen LogP contribution < -0.4 is 5.32 Å². The van der Waals surface area contributed by atoms with Crippen molar-refractivity contribution < 1.29 is 4.79 Å². The van der Waals surface area contributed by atoms with Crippen LogP contribution in [-0.2, 0) is 11.2 Å². The fraction of sp³-hybridized carbons (Fsp3) is 0.533. The van der Waals surface area contributed by atoms with Gasteiger partial charge in [-0.25, -0.2) is 0 Å². The lowest BCUT2D eigenvalue weighted by Crippen LogP contribution is -2.49. The van der Waals surface area contributed by atoms with Crippen LogP contribution in [0.3, 0.4) is 0 Å². The average Bonchev–Trinajstić information content (AvgIpc) is 2.27. The highest BCUT2D eigenvalue weighted by Crippen LogP contribution is 2.15. The van der Waals surface area contributed by atoms with Crippen LogP contribution in [0.4, 0.5) is 0 Å². The number of hydrogen-bond acceptors (Lipinski definition) is 1. The average molecular weight is 268 g/mol. The summed E-state index contributed by atoms with van der Waals surface area (Å²) in [6.45, 7) is 7.84. The lowest BCUT2D eigenvalue weighted by atomic mass is 10.00. The van der Waals surface area contributed by atoms with E-state index in [-0.39, 0.29) is 16.8 Å². The Bertz CT molecular complexity index is 413. The van der Waals surface area contributed by atoms with Gasteiger partial charge in [0.25, 0.3) is 0 Å². The molecule has 2 nitrogen and oxygen atoms in total. The van der Waals surface area contributed by atoms with Gasteiger partial charge in [-0.15, -0.1) is 11.6 Å². The molecular weight excluding hydrogens is 246 g/mol. The predicted molar refractivity (Wildman–Crippen MR) is 77.0 cm³/mol. The van der Waals surface area contributed by atoms with Crippen LogP contribution in [-0.4, -0.2) is 16.8 Å². The number of carbonyl (C=O) groups excluding carboxylic acids is 1. The Morgan fingerprint density at radius 3 is 2.56 bits per heavy atom. The molecule has 18 heavy (non-hydrogen) atoms. The van der Waals surface area contributed by atoms with Crippen molar-refractivity contribution >= 4 is 17.5 Å². The number of benzene rings is 1. The van der Waals surface area contributed by atoms with E-state index in [2.05, 4.69) is 24.4 Å². The lowest BCUT2D eigenvalue weighted by Gasteiger charge is -2.29. The quantitative estimate of drug-likeness (QED) is 0.814. The SMILES string of the molecule is Cc1ccccc1CCC(=O)NC(C)(C)C(C)Cl. The third kappa shape index (κ3) is 4.34. The molecule has 1 N–H and O–H groups in total. The predicted octanol–water partition coefficient (Wildman–Crippen LogP) is 3.45. The van der Waals surface area contributed by atoms with Gasteiger partial charge < -0.3 is 5.32 Å². The number of amides is 1. The first kappa shape index (κ1) is 15.0. The molecule has 1 atom stereocenters. The molecule has 0 radical (unpaired) electrons. The van der Waals surface area contributed by atoms with Gasteiger partial charge in [0.2, 0.25) is 5.91 Å². The van der Waals surface area contributed by atoms with E-state index in [0.717, 1.165) is 6.42 Å². The van der Waals surface area contributed by atoms with Crippen molar-refractivity contribution in [2.75, 3.05) is 0 Å². The van der Waals surface area contributed by atoms with E-state index in [1.54, 1.807) is 0 Å². The van der Waals surface area contributed by atoms with Crippen molar-refractivity contribution in [2.45, 2.75) is 51.5 Å². The Morgan fingerprint density at radius 1 is 1.39 bits per heavy atom. The molecule has 0 fully saturated rings. The van der Waals surface area contributed by atoms with Crippen LogP contribution in [0.25, 0.3) is 0 Å². The van der Waals surface area contributed by atoms with Gasteiger partial charge in [-0.05, 0) is 45.2 Å². The smallest absolute Gasteiger partial charge is 0.220 e. The van der Waals surface area contributed by atoms with Crippen LogP contribution in [0.5, 0.6) is 0 Å². The normalized spacial score (nSPS) is 13.2. The summed E-state index contributed by atoms with van der Waals surface area (Å²) < 4.78 is 0. The van der Waals surface area contributed by atoms with Gasteiger partial charge in [0.15, 0.2) is 0 Å². The molecule has 1 rings (SSSR count). The molecular formula is C15H22ClNO. The van der Waals surface area contributed by atoms with Gasteiger partial charge in [0.05, 0.1) is 10.9 Å². The van der Waals surface area contributed by atoms with Crippen LogP contribution >= 0.6 is 11.6 Å². The summed E-state index contributed by atoms with van der Waals surface area (Å²) in [5.74, 6) is 0.0516. The molecule has 0 aliphatic rings. The first-order valence-corrected chi connectivity index (χ1v) is 6.76. The lowest BCUT2D eigenvalue weighted by molar-refractivity contribution is -0.122. The minimum Gasteiger partial charge on any atom is -0.350 e. The van der Waals surface area contributed by atoms with Gasteiger partial charge >= 0.3 is 0 Å². The summed E-state index contributed by atoms with van der Waals surface area (Å²) in [6, 6.07) is 8.15. The van der Waals surface area contributed by atoms with E-state index in [0.29, 0.717) is 6.42 Å². The fourth-order valence-corrected chi connectivity index (χ4v) is 1.71. The number of aryl methyl sites for hydroxylation is 2. The molecule has 1 aromatic rings. The molecule has 100 valence electrons. The number of alkyl halides is 1. The molecule has 0 heterocycles. The summed E-state index contributed by atoms with van der Waals surface area (Å²) >= 11 is 6.04. The highest BCUT2D eigenvalue weighted by molar-refractivity contribution is 6.21. The first-order valence-electron chi connectivity index (χ1n) is 6.32. The van der Waals surface area contributed by atoms with E-state index in [4.69, 9.17) is 11.6 Å². The first-order chi connectivity index (χ1) is 8.33. The minimum atomic E-state index is -0.371. The molecule has 3 heteroatoms. The topological polar surface area (TPSA) is 29.1 Å². The molecule has 1 aromatic carbocycles. The molecule has 0 saturated carbocycles. The number of halogens is 1. The Morgan fingerprint density at radius 2 is 2.00 bits per heavy atom. The van der Waals surface area contributed by atoms with Gasteiger partial charge in [0, 0.05) is 6.42 Å². The fourth-order valence-electron chi connectivity index (χ4n) is 1.66. The zero-order valence-electron chi connectivity index (χ0n) is 11.6. The maximum Gasteiger partial charge on any atom is 0.220 e. The van der Waals surface area contributed by atoms with E-state index in [1.807, 2.05) is 32.9 Å². The van der Waals surface area contributed by atoms with E-state index >= 15 is 0 Å². The summed E-state index contributed by atoms with van der Waals surface area (Å²) in [5.41, 5.74) is 2.09. The summed E-state index contributed by atoms with van der Waals surface area (Å²) in [5, 5.41) is 2.88. The van der Waals surface area contributed by atoms with Gasteiger partial charge in [-0.1, -0.05) is 24.3 Å². The number of hydrogen-bond donors (Lipinski definition) is 1. The number of rotatable bonds is 5. The zero-order valence-corrected chi connectivity index (χ0v) is 12.3. The second kappa shape index (κ2) is 6.24. The molecule has 1 amide bonds. The van der Waals surface area contributed by atoms with Gasteiger partial charge in [-0.3, -0.25) is 4.79 Å². The van der Waals surface area contributed by atoms with Crippen LogP contribution in [0.2, 0.25) is 0 Å². The van der Waals surface area contributed by atoms with E-state index in [9.17, 15) is 4.79 Å². The Kier molecular flexibility index (Phi) is 5.21. The number of nitrogens with one attached hydrogen (secondary N) is 1. The Hall–Kier alpha value is -1.02. The van der Waals surface area contributed by atoms with Crippen LogP contribution in [0.1, 0.15) is 38.3 Å². The molecule has 0 spiro atoms. The minimum absolute atomic E-state index is 0.0516. The highest BCUT2D eigenvalue weighted by Gasteiger charge is 2.25. The monoisotopic (exact) mass is 267 g/mol. The third-order valence-electron chi connectivity index (χ3n) is 3.34. The molecule has 0 aromatic heterocycles. The molecule has 0 aliphatic carbocycles. The van der Waals surface area contributed by atoms with Crippen molar-refractivity contribution in [1.82, 2.24) is 5.32 Å². The molecule has 0 bridgehead atoms. The second-order valence-corrected chi connectivity index (χ2v) is 5.97. The van der Waals surface area contributed by atoms with Crippen LogP contribution in [0.15, 0.2) is 24.3 Å². The summed E-state index contributed by atoms with van der Waals surface area (Å²) in [7, 11) is 0. The summed E-state index contributed by atoms with van der Waals surface area (Å²) in [4.78, 5) is 11.9. The maximum atomic E-state index is 11.9. The molecule has 0 aliphatic heterocycles. The highest BCUT2D eigenvalue weighted by atomic mass is 35.5. The second-order valence-electron chi connectivity index (χ2n) is 5.31. The van der Waals surface area contributed by atoms with Crippen molar-refractivity contribution in [3.8, 4) is 0 Å². The van der Waals surface area contributed by atoms with Crippen molar-refractivity contribution in [3.63, 3.8) is 0 Å². The van der Waals surface area contributed by atoms with Crippen molar-refractivity contribution in [2.24, 2.45) is 0 Å². The third-order valence-corrected chi connectivity index (χ3v) is 3.88. The van der Waals surface area contributed by atoms with E-state index in [1.165, 1.54) is 11.1 Å². The summed E-state index contributed by atoms with van der Waals surface area (Å²) in [6.07, 6.45) is 1.27. The van der Waals surface area contributed by atoms with Crippen molar-refractivity contribution in [3.05, 3.63) is 35.4 Å². The largest absolute Gasteiger partial charge is 0.350 e. The van der Waals surface area contributed by atoms with Crippen LogP contribution in [0, 0.1) is 6.92 Å². The Labute approximate surface area is 115 Å². The Balaban J connectivity index is 2.50. The van der Waals surface area contributed by atoms with E-state index < -0.39 is 0 Å². The molecule has 0 saturated heterocycles. The van der Waals surface area contributed by atoms with Crippen molar-refractivity contribution in [1.29, 1.82) is 0 Å². The standard InChI is InChI=1S/C15H22ClNO/c1-11-7-5-6-8-13(11)9-10-14(18)17-15(3,4)12(2)16/h5-8,12H,9-10H2,1-4H3,(H,17,18). The van der Waals surface area contributed by atoms with Gasteiger partial charge in [0.1, 0.15) is 0 Å². The number of carbonyl (C=O) groups is 1.